The summed E-state index contributed by atoms with van der Waals surface area (Å²) >= 11 is 0. The van der Waals surface area contributed by atoms with Crippen molar-refractivity contribution in [3.8, 4) is 0 Å². The van der Waals surface area contributed by atoms with Crippen LogP contribution in [0.5, 0.6) is 0 Å². The van der Waals surface area contributed by atoms with E-state index in [0.29, 0.717) is 12.8 Å². The molecule has 2 saturated carbocycles. The molecule has 2 aliphatic rings. The standard InChI is InChI=1S/C19H17S.C18H15S.C10H16O4S.CHF3O3S/c1-16-12-14-19(15-13-16)20(17-8-4-2-5-9-17)18-10-6-3-7-11-18;1-4-10-16(11-5-1)19(17-12-6-2-7-13-17)18-14-8-3-9-15-18;1-9(2)7-3-4-10(9,8(11)5-7)6-15(12,13)14;2-1(3,4)8(5,6)7/h2-15H,1H3;1-15H;7H,3-6H2,1-2H3,(H,12,13,14);(H,5,6,7)/q2*+1;;/p-2. The van der Waals surface area contributed by atoms with Gasteiger partial charge in [-0.3, -0.25) is 4.79 Å². The van der Waals surface area contributed by atoms with Crippen molar-refractivity contribution >= 4 is 47.8 Å². The summed E-state index contributed by atoms with van der Waals surface area (Å²) in [4.78, 5) is 20.0. The van der Waals surface area contributed by atoms with Gasteiger partial charge in [0.05, 0.1) is 37.7 Å². The van der Waals surface area contributed by atoms with E-state index in [1.54, 1.807) is 0 Å². The van der Waals surface area contributed by atoms with Crippen molar-refractivity contribution in [2.75, 3.05) is 5.75 Å². The molecule has 0 spiro atoms. The van der Waals surface area contributed by atoms with Crippen LogP contribution in [0.15, 0.2) is 205 Å². The Morgan fingerprint density at radius 1 is 0.565 bits per heavy atom. The van der Waals surface area contributed by atoms with E-state index in [1.165, 1.54) is 34.9 Å². The van der Waals surface area contributed by atoms with Gasteiger partial charge in [-0.05, 0) is 104 Å². The largest absolute Gasteiger partial charge is 0.748 e. The number of Topliss-reactive ketones (excluding diaryl/α,β-unsaturated/α-hetero) is 1. The molecule has 7 nitrogen and oxygen atoms in total. The highest BCUT2D eigenvalue weighted by molar-refractivity contribution is 7.97. The second-order valence-corrected chi connectivity index (χ2v) is 22.1. The van der Waals surface area contributed by atoms with E-state index in [0.717, 1.165) is 6.42 Å². The number of rotatable bonds is 8. The number of benzene rings is 6. The van der Waals surface area contributed by atoms with Crippen LogP contribution in [0, 0.1) is 23.7 Å². The van der Waals surface area contributed by atoms with E-state index in [4.69, 9.17) is 13.0 Å². The first kappa shape index (κ1) is 48.3. The van der Waals surface area contributed by atoms with Crippen LogP contribution in [0.2, 0.25) is 0 Å². The average molecular weight is 921 g/mol. The summed E-state index contributed by atoms with van der Waals surface area (Å²) in [5.74, 6) is -0.280. The van der Waals surface area contributed by atoms with Crippen molar-refractivity contribution in [1.29, 1.82) is 0 Å². The molecule has 0 aromatic heterocycles. The fourth-order valence-electron chi connectivity index (χ4n) is 7.68. The number of carbonyl (C=O) groups excluding carboxylic acids is 1. The van der Waals surface area contributed by atoms with Gasteiger partial charge in [0.25, 0.3) is 0 Å². The van der Waals surface area contributed by atoms with Crippen LogP contribution in [0.1, 0.15) is 38.7 Å². The van der Waals surface area contributed by atoms with Gasteiger partial charge in [0.15, 0.2) is 39.5 Å². The van der Waals surface area contributed by atoms with Gasteiger partial charge in [-0.1, -0.05) is 123 Å². The SMILES string of the molecule is CC1(C)C2CCC1(CS(=O)(=O)[O-])C(=O)C2.Cc1ccc([S+](c2ccccc2)c2ccccc2)cc1.O=S(=O)([O-])C(F)(F)F.c1ccc([S+](c2ccccc2)c2ccccc2)cc1. The van der Waals surface area contributed by atoms with E-state index in [-0.39, 0.29) is 38.9 Å². The molecule has 0 radical (unpaired) electrons. The first-order chi connectivity index (χ1) is 29.2. The summed E-state index contributed by atoms with van der Waals surface area (Å²) in [5.41, 5.74) is -5.56. The van der Waals surface area contributed by atoms with Gasteiger partial charge in [-0.15, -0.1) is 0 Å². The molecule has 0 N–H and O–H groups in total. The van der Waals surface area contributed by atoms with Gasteiger partial charge in [-0.25, -0.2) is 16.8 Å². The van der Waals surface area contributed by atoms with Crippen molar-refractivity contribution < 1.29 is 43.9 Å². The molecule has 6 aromatic carbocycles. The van der Waals surface area contributed by atoms with Gasteiger partial charge in [0.1, 0.15) is 5.78 Å². The minimum atomic E-state index is -6.09. The molecule has 0 aliphatic heterocycles. The quantitative estimate of drug-likeness (QED) is 0.0844. The Bertz CT molecular complexity index is 2430. The van der Waals surface area contributed by atoms with Crippen LogP contribution >= 0.6 is 0 Å². The molecular weight excluding hydrogens is 874 g/mol. The predicted molar refractivity (Wildman–Crippen MR) is 237 cm³/mol. The molecule has 0 heterocycles. The molecule has 2 unspecified atom stereocenters. The number of alkyl halides is 3. The Labute approximate surface area is 368 Å². The molecule has 0 amide bonds. The first-order valence-electron chi connectivity index (χ1n) is 19.5. The fraction of sp³-hybridized carbons (Fsp3) is 0.229. The van der Waals surface area contributed by atoms with Crippen LogP contribution in [-0.2, 0) is 46.8 Å². The second kappa shape index (κ2) is 20.7. The zero-order valence-electron chi connectivity index (χ0n) is 34.3. The topological polar surface area (TPSA) is 131 Å². The van der Waals surface area contributed by atoms with Crippen LogP contribution in [0.25, 0.3) is 0 Å². The lowest BCUT2D eigenvalue weighted by molar-refractivity contribution is -0.128. The van der Waals surface area contributed by atoms with E-state index in [9.17, 15) is 30.9 Å². The zero-order valence-corrected chi connectivity index (χ0v) is 37.5. The minimum Gasteiger partial charge on any atom is -0.748 e. The lowest BCUT2D eigenvalue weighted by atomic mass is 9.70. The third kappa shape index (κ3) is 12.3. The highest BCUT2D eigenvalue weighted by Crippen LogP contribution is 2.64. The summed E-state index contributed by atoms with van der Waals surface area (Å²) in [7, 11) is -10.5. The number of aryl methyl sites for hydroxylation is 1. The van der Waals surface area contributed by atoms with Crippen LogP contribution < -0.4 is 0 Å². The molecule has 14 heteroatoms. The van der Waals surface area contributed by atoms with Crippen LogP contribution in [0.3, 0.4) is 0 Å². The molecular formula is C48H47F3O7S4. The van der Waals surface area contributed by atoms with E-state index in [1.807, 2.05) is 13.8 Å². The maximum atomic E-state index is 11.8. The Morgan fingerprint density at radius 3 is 1.08 bits per heavy atom. The Morgan fingerprint density at radius 2 is 0.855 bits per heavy atom. The third-order valence-corrected chi connectivity index (χ3v) is 16.9. The molecule has 2 atom stereocenters. The van der Waals surface area contributed by atoms with E-state index >= 15 is 0 Å². The van der Waals surface area contributed by atoms with Gasteiger partial charge < -0.3 is 9.11 Å². The summed E-state index contributed by atoms with van der Waals surface area (Å²) in [6, 6.07) is 62.5. The molecule has 2 fully saturated rings. The number of halogens is 3. The molecule has 326 valence electrons. The summed E-state index contributed by atoms with van der Waals surface area (Å²) in [6.07, 6.45) is 1.88. The molecule has 62 heavy (non-hydrogen) atoms. The van der Waals surface area contributed by atoms with Crippen molar-refractivity contribution in [2.45, 2.75) is 74.9 Å². The second-order valence-electron chi connectivity index (χ2n) is 15.3. The van der Waals surface area contributed by atoms with Crippen LogP contribution in [-0.4, -0.2) is 43.0 Å². The van der Waals surface area contributed by atoms with Crippen molar-refractivity contribution in [3.05, 3.63) is 181 Å². The highest BCUT2D eigenvalue weighted by Gasteiger charge is 2.64. The number of carbonyl (C=O) groups is 1. The summed E-state index contributed by atoms with van der Waals surface area (Å²) < 4.78 is 91.6. The molecule has 2 bridgehead atoms. The Hall–Kier alpha value is -4.70. The predicted octanol–water partition coefficient (Wildman–Crippen LogP) is 10.9. The minimum absolute atomic E-state index is 0.0146. The lowest BCUT2D eigenvalue weighted by Gasteiger charge is -2.37. The van der Waals surface area contributed by atoms with Gasteiger partial charge in [0.2, 0.25) is 0 Å². The maximum absolute atomic E-state index is 11.8. The summed E-state index contributed by atoms with van der Waals surface area (Å²) in [6.45, 7) is 5.97. The number of hydrogen-bond donors (Lipinski definition) is 0. The van der Waals surface area contributed by atoms with Gasteiger partial charge in [0, 0.05) is 11.8 Å². The van der Waals surface area contributed by atoms with Gasteiger partial charge in [-0.2, -0.15) is 13.2 Å². The number of fused-ring (bicyclic) bond motifs is 2. The number of ketones is 1. The smallest absolute Gasteiger partial charge is 0.485 e. The zero-order chi connectivity index (χ0) is 45.2. The fourth-order valence-corrected chi connectivity index (χ4v) is 13.2. The molecule has 6 aromatic rings. The molecule has 2 aliphatic carbocycles. The normalized spacial score (nSPS) is 17.8. The highest BCUT2D eigenvalue weighted by atomic mass is 32.2. The van der Waals surface area contributed by atoms with E-state index < -0.39 is 36.9 Å². The van der Waals surface area contributed by atoms with Crippen LogP contribution in [0.4, 0.5) is 13.2 Å². The third-order valence-electron chi connectivity index (χ3n) is 11.0. The average Bonchev–Trinajstić information content (AvgIpc) is 3.58. The Balaban J connectivity index is 0.000000163. The summed E-state index contributed by atoms with van der Waals surface area (Å²) in [5, 5.41) is 0. The van der Waals surface area contributed by atoms with Gasteiger partial charge >= 0.3 is 5.51 Å². The molecule has 0 saturated heterocycles. The van der Waals surface area contributed by atoms with Crippen molar-refractivity contribution in [1.82, 2.24) is 0 Å². The van der Waals surface area contributed by atoms with Crippen molar-refractivity contribution in [3.63, 3.8) is 0 Å². The number of hydrogen-bond acceptors (Lipinski definition) is 7. The monoisotopic (exact) mass is 920 g/mol. The lowest BCUT2D eigenvalue weighted by Crippen LogP contribution is -2.42. The Kier molecular flexibility index (Phi) is 16.1. The molecule has 8 rings (SSSR count). The van der Waals surface area contributed by atoms with E-state index in [2.05, 4.69) is 183 Å². The maximum Gasteiger partial charge on any atom is 0.485 e. The van der Waals surface area contributed by atoms with Crippen molar-refractivity contribution in [2.24, 2.45) is 16.7 Å². The first-order valence-corrected chi connectivity index (χ1v) is 25.0.